The van der Waals surface area contributed by atoms with Gasteiger partial charge < -0.3 is 29.4 Å². The van der Waals surface area contributed by atoms with E-state index in [2.05, 4.69) is 53.7 Å². The largest absolute Gasteiger partial charge is 0.507 e. The van der Waals surface area contributed by atoms with Crippen LogP contribution in [0.5, 0.6) is 40.2 Å². The smallest absolute Gasteiger partial charge is 0.212 e. The van der Waals surface area contributed by atoms with Crippen molar-refractivity contribution in [2.75, 3.05) is 34.4 Å². The Hall–Kier alpha value is -4.20. The lowest BCUT2D eigenvalue weighted by Crippen LogP contribution is -2.33. The van der Waals surface area contributed by atoms with Crippen molar-refractivity contribution in [1.29, 1.82) is 0 Å². The molecule has 0 aromatic heterocycles. The first kappa shape index (κ1) is 25.5. The number of hydrogen-bond donors (Lipinski definition) is 2. The molecule has 0 amide bonds. The Bertz CT molecular complexity index is 1750. The molecular formula is C35H34N2O5. The summed E-state index contributed by atoms with van der Waals surface area (Å²) in [7, 11) is 5.56. The van der Waals surface area contributed by atoms with Crippen molar-refractivity contribution in [3.63, 3.8) is 0 Å². The maximum absolute atomic E-state index is 11.1. The number of nitrogens with zero attached hydrogens (tertiary/aromatic N) is 1. The summed E-state index contributed by atoms with van der Waals surface area (Å²) in [6, 6.07) is 18.8. The highest BCUT2D eigenvalue weighted by molar-refractivity contribution is 5.77. The highest BCUT2D eigenvalue weighted by Crippen LogP contribution is 2.56. The number of likely N-dealkylation sites (N-methyl/N-ethyl adjacent to an activating group) is 1. The van der Waals surface area contributed by atoms with Gasteiger partial charge in [-0.2, -0.15) is 0 Å². The molecule has 0 radical (unpaired) electrons. The van der Waals surface area contributed by atoms with Crippen LogP contribution in [0.3, 0.4) is 0 Å². The molecule has 0 saturated heterocycles. The predicted octanol–water partition coefficient (Wildman–Crippen LogP) is 6.49. The molecule has 7 nitrogen and oxygen atoms in total. The van der Waals surface area contributed by atoms with E-state index in [9.17, 15) is 5.11 Å². The average Bonchev–Trinajstić information content (AvgIpc) is 3.00. The summed E-state index contributed by atoms with van der Waals surface area (Å²) in [4.78, 5) is 2.42. The lowest BCUT2D eigenvalue weighted by molar-refractivity contribution is 0.227. The van der Waals surface area contributed by atoms with Crippen molar-refractivity contribution in [1.82, 2.24) is 10.2 Å². The fourth-order valence-electron chi connectivity index (χ4n) is 7.23. The SMILES string of the molecule is COc1ccc2cc1-c1cc(ccc1O)C[C@H]1NCCc3cc(OC)c4c(c31)Oc1cc3c(cc1O4)CCN(C)[C@H]3C2. The zero-order chi connectivity index (χ0) is 28.5. The summed E-state index contributed by atoms with van der Waals surface area (Å²) in [5, 5.41) is 14.8. The van der Waals surface area contributed by atoms with Gasteiger partial charge in [0.2, 0.25) is 5.75 Å². The number of nitrogens with one attached hydrogen (secondary N) is 1. The van der Waals surface area contributed by atoms with Crippen molar-refractivity contribution < 1.29 is 24.1 Å². The molecule has 42 heavy (non-hydrogen) atoms. The van der Waals surface area contributed by atoms with Crippen molar-refractivity contribution >= 4 is 0 Å². The molecule has 4 aliphatic heterocycles. The fraction of sp³-hybridized carbons (Fsp3) is 0.314. The summed E-state index contributed by atoms with van der Waals surface area (Å²) in [6.45, 7) is 1.79. The Labute approximate surface area is 245 Å². The van der Waals surface area contributed by atoms with Crippen molar-refractivity contribution in [3.8, 4) is 51.4 Å². The van der Waals surface area contributed by atoms with Gasteiger partial charge in [-0.05, 0) is 110 Å². The summed E-state index contributed by atoms with van der Waals surface area (Å²) in [5.74, 6) is 4.52. The maximum Gasteiger partial charge on any atom is 0.212 e. The van der Waals surface area contributed by atoms with E-state index in [1.165, 1.54) is 22.3 Å². The lowest BCUT2D eigenvalue weighted by atomic mass is 9.86. The number of ether oxygens (including phenoxy) is 4. The predicted molar refractivity (Wildman–Crippen MR) is 161 cm³/mol. The second kappa shape index (κ2) is 9.68. The Morgan fingerprint density at radius 1 is 0.810 bits per heavy atom. The molecule has 0 spiro atoms. The van der Waals surface area contributed by atoms with Crippen molar-refractivity contribution in [2.45, 2.75) is 37.8 Å². The minimum absolute atomic E-state index is 0.00593. The fourth-order valence-corrected chi connectivity index (χ4v) is 7.23. The molecule has 2 N–H and O–H groups in total. The standard InChI is InChI=1S/C35H34N2O5/c1-37-11-9-21-16-30-31-18-23(21)27(37)15-20-5-7-29(39-2)25(13-20)24-12-19(4-6-28(24)38)14-26-33-22(8-10-36-26)17-32(40-3)34(41-30)35(33)42-31/h4-7,12-13,16-18,26-27,36,38H,8-11,14-15H2,1-3H3/t26-,27+/m1/s1. The minimum atomic E-state index is -0.00593. The zero-order valence-electron chi connectivity index (χ0n) is 24.1. The first-order valence-corrected chi connectivity index (χ1v) is 14.7. The minimum Gasteiger partial charge on any atom is -0.507 e. The third kappa shape index (κ3) is 3.95. The molecule has 7 bridgehead atoms. The van der Waals surface area contributed by atoms with Crippen molar-refractivity contribution in [3.05, 3.63) is 88.0 Å². The Morgan fingerprint density at radius 3 is 2.43 bits per heavy atom. The normalized spacial score (nSPS) is 20.0. The first-order valence-electron chi connectivity index (χ1n) is 14.7. The number of phenolic OH excluding ortho intramolecular Hbond substituents is 1. The Balaban J connectivity index is 1.38. The molecule has 4 heterocycles. The van der Waals surface area contributed by atoms with Crippen LogP contribution in [0.25, 0.3) is 11.1 Å². The number of rotatable bonds is 2. The number of fused-ring (bicyclic) bond motifs is 5. The Morgan fingerprint density at radius 2 is 1.57 bits per heavy atom. The molecule has 4 aromatic rings. The highest BCUT2D eigenvalue weighted by Gasteiger charge is 2.35. The van der Waals surface area contributed by atoms with Gasteiger partial charge >= 0.3 is 0 Å². The van der Waals surface area contributed by atoms with Crippen LogP contribution in [-0.2, 0) is 25.7 Å². The average molecular weight is 563 g/mol. The van der Waals surface area contributed by atoms with Crippen molar-refractivity contribution in [2.24, 2.45) is 0 Å². The molecule has 4 aliphatic rings. The number of hydrogen-bond acceptors (Lipinski definition) is 7. The molecule has 0 fully saturated rings. The molecule has 214 valence electrons. The van der Waals surface area contributed by atoms with Gasteiger partial charge in [0.25, 0.3) is 0 Å². The second-order valence-electron chi connectivity index (χ2n) is 11.8. The topological polar surface area (TPSA) is 72.4 Å². The second-order valence-corrected chi connectivity index (χ2v) is 11.8. The van der Waals surface area contributed by atoms with Crippen LogP contribution >= 0.6 is 0 Å². The third-order valence-corrected chi connectivity index (χ3v) is 9.42. The molecule has 0 aliphatic carbocycles. The van der Waals surface area contributed by atoms with Crippen LogP contribution in [0.15, 0.2) is 54.6 Å². The van der Waals surface area contributed by atoms with Crippen LogP contribution in [0.1, 0.15) is 45.5 Å². The van der Waals surface area contributed by atoms with Gasteiger partial charge in [0.05, 0.1) is 14.2 Å². The van der Waals surface area contributed by atoms with Crippen LogP contribution in [0, 0.1) is 0 Å². The van der Waals surface area contributed by atoms with Gasteiger partial charge in [-0.25, -0.2) is 0 Å². The van der Waals surface area contributed by atoms with Gasteiger partial charge in [0, 0.05) is 35.3 Å². The van der Waals surface area contributed by atoms with E-state index in [0.29, 0.717) is 17.9 Å². The Kier molecular flexibility index (Phi) is 5.88. The molecule has 0 unspecified atom stereocenters. The molecule has 8 rings (SSSR count). The van der Waals surface area contributed by atoms with E-state index >= 15 is 0 Å². The molecule has 2 atom stereocenters. The van der Waals surface area contributed by atoms with Gasteiger partial charge in [-0.3, -0.25) is 4.90 Å². The monoisotopic (exact) mass is 562 g/mol. The van der Waals surface area contributed by atoms with Gasteiger partial charge in [0.1, 0.15) is 11.5 Å². The van der Waals surface area contributed by atoms with Crippen LogP contribution in [0.2, 0.25) is 0 Å². The summed E-state index contributed by atoms with van der Waals surface area (Å²) in [6.07, 6.45) is 3.34. The van der Waals surface area contributed by atoms with Gasteiger partial charge in [0.15, 0.2) is 23.0 Å². The van der Waals surface area contributed by atoms with Crippen LogP contribution in [0.4, 0.5) is 0 Å². The molecular weight excluding hydrogens is 528 g/mol. The van der Waals surface area contributed by atoms with E-state index in [0.717, 1.165) is 77.6 Å². The van der Waals surface area contributed by atoms with Crippen LogP contribution < -0.4 is 24.3 Å². The van der Waals surface area contributed by atoms with Crippen LogP contribution in [-0.4, -0.2) is 44.4 Å². The first-order chi connectivity index (χ1) is 20.5. The van der Waals surface area contributed by atoms with E-state index in [-0.39, 0.29) is 17.8 Å². The maximum atomic E-state index is 11.1. The summed E-state index contributed by atoms with van der Waals surface area (Å²) in [5.41, 5.74) is 8.80. The molecule has 4 aromatic carbocycles. The number of benzene rings is 4. The lowest BCUT2D eigenvalue weighted by Gasteiger charge is -2.37. The number of aromatic hydroxyl groups is 1. The van der Waals surface area contributed by atoms with Gasteiger partial charge in [-0.1, -0.05) is 12.1 Å². The summed E-state index contributed by atoms with van der Waals surface area (Å²) < 4.78 is 25.1. The van der Waals surface area contributed by atoms with E-state index in [1.807, 2.05) is 12.1 Å². The zero-order valence-corrected chi connectivity index (χ0v) is 24.1. The number of phenols is 1. The van der Waals surface area contributed by atoms with Gasteiger partial charge in [-0.15, -0.1) is 0 Å². The molecule has 0 saturated carbocycles. The highest BCUT2D eigenvalue weighted by atomic mass is 16.6. The third-order valence-electron chi connectivity index (χ3n) is 9.42. The molecule has 7 heteroatoms. The van der Waals surface area contributed by atoms with E-state index in [4.69, 9.17) is 18.9 Å². The quantitative estimate of drug-likeness (QED) is 0.255. The summed E-state index contributed by atoms with van der Waals surface area (Å²) >= 11 is 0. The van der Waals surface area contributed by atoms with E-state index in [1.54, 1.807) is 20.3 Å². The number of methoxy groups -OCH3 is 2. The van der Waals surface area contributed by atoms with E-state index < -0.39 is 0 Å².